The van der Waals surface area contributed by atoms with Crippen molar-refractivity contribution in [3.63, 3.8) is 0 Å². The number of benzene rings is 2. The standard InChI is InChI=1S/C21H18N2O3/c24-20(23-18-12-9-14-4-1-2-5-17(14)18)15-7-10-16(11-8-15)22-21(25)19-6-3-13-26-19/h1-8,10-11,13,18H,9,12H2,(H,22,25)(H,23,24)/t18-/m1/s1. The summed E-state index contributed by atoms with van der Waals surface area (Å²) in [7, 11) is 0. The molecular formula is C21H18N2O3. The summed E-state index contributed by atoms with van der Waals surface area (Å²) >= 11 is 0. The summed E-state index contributed by atoms with van der Waals surface area (Å²) in [6.07, 6.45) is 3.35. The van der Waals surface area contributed by atoms with Crippen LogP contribution in [0.15, 0.2) is 71.3 Å². The van der Waals surface area contributed by atoms with Crippen LogP contribution in [0.2, 0.25) is 0 Å². The third kappa shape index (κ3) is 3.24. The van der Waals surface area contributed by atoms with Gasteiger partial charge in [0.2, 0.25) is 0 Å². The molecule has 0 fully saturated rings. The quantitative estimate of drug-likeness (QED) is 0.751. The number of furan rings is 1. The zero-order valence-corrected chi connectivity index (χ0v) is 14.1. The third-order valence-electron chi connectivity index (χ3n) is 4.59. The fourth-order valence-electron chi connectivity index (χ4n) is 3.25. The lowest BCUT2D eigenvalue weighted by atomic mass is 10.1. The van der Waals surface area contributed by atoms with Crippen molar-refractivity contribution in [3.05, 3.63) is 89.4 Å². The Morgan fingerprint density at radius 3 is 2.50 bits per heavy atom. The van der Waals surface area contributed by atoms with Crippen LogP contribution in [-0.4, -0.2) is 11.8 Å². The molecule has 0 saturated heterocycles. The Bertz CT molecular complexity index is 930. The third-order valence-corrected chi connectivity index (χ3v) is 4.59. The summed E-state index contributed by atoms with van der Waals surface area (Å²) in [5.74, 6) is -0.197. The normalized spacial score (nSPS) is 15.3. The molecule has 130 valence electrons. The number of aryl methyl sites for hydroxylation is 1. The summed E-state index contributed by atoms with van der Waals surface area (Å²) in [6.45, 7) is 0. The minimum atomic E-state index is -0.324. The average Bonchev–Trinajstić information content (AvgIpc) is 3.33. The summed E-state index contributed by atoms with van der Waals surface area (Å²) in [5.41, 5.74) is 3.66. The number of nitrogens with one attached hydrogen (secondary N) is 2. The van der Waals surface area contributed by atoms with Crippen LogP contribution in [-0.2, 0) is 6.42 Å². The van der Waals surface area contributed by atoms with Crippen molar-refractivity contribution >= 4 is 17.5 Å². The number of fused-ring (bicyclic) bond motifs is 1. The second-order valence-electron chi connectivity index (χ2n) is 6.27. The van der Waals surface area contributed by atoms with E-state index < -0.39 is 0 Å². The number of hydrogen-bond acceptors (Lipinski definition) is 3. The number of anilines is 1. The molecule has 0 bridgehead atoms. The number of carbonyl (C=O) groups is 2. The van der Waals surface area contributed by atoms with Crippen molar-refractivity contribution in [2.24, 2.45) is 0 Å². The van der Waals surface area contributed by atoms with E-state index in [1.54, 1.807) is 36.4 Å². The molecule has 2 amide bonds. The van der Waals surface area contributed by atoms with E-state index in [2.05, 4.69) is 22.8 Å². The zero-order valence-electron chi connectivity index (χ0n) is 14.1. The van der Waals surface area contributed by atoms with Gasteiger partial charge in [0.1, 0.15) is 0 Å². The lowest BCUT2D eigenvalue weighted by Crippen LogP contribution is -2.27. The molecule has 1 heterocycles. The van der Waals surface area contributed by atoms with Crippen molar-refractivity contribution in [1.29, 1.82) is 0 Å². The van der Waals surface area contributed by atoms with Gasteiger partial charge in [0, 0.05) is 11.3 Å². The summed E-state index contributed by atoms with van der Waals surface area (Å²) in [5, 5.41) is 5.82. The number of hydrogen-bond donors (Lipinski definition) is 2. The maximum atomic E-state index is 12.5. The van der Waals surface area contributed by atoms with Gasteiger partial charge in [-0.25, -0.2) is 0 Å². The van der Waals surface area contributed by atoms with E-state index >= 15 is 0 Å². The molecule has 0 unspecified atom stereocenters. The van der Waals surface area contributed by atoms with Gasteiger partial charge in [0.05, 0.1) is 12.3 Å². The first-order valence-electron chi connectivity index (χ1n) is 8.54. The highest BCUT2D eigenvalue weighted by molar-refractivity contribution is 6.02. The highest BCUT2D eigenvalue weighted by Gasteiger charge is 2.23. The van der Waals surface area contributed by atoms with Crippen molar-refractivity contribution < 1.29 is 14.0 Å². The van der Waals surface area contributed by atoms with E-state index in [0.29, 0.717) is 11.3 Å². The molecule has 1 atom stereocenters. The number of amides is 2. The van der Waals surface area contributed by atoms with E-state index in [0.717, 1.165) is 12.8 Å². The van der Waals surface area contributed by atoms with Gasteiger partial charge in [0.25, 0.3) is 11.8 Å². The molecule has 1 aliphatic carbocycles. The van der Waals surface area contributed by atoms with Gasteiger partial charge in [0.15, 0.2) is 5.76 Å². The van der Waals surface area contributed by atoms with E-state index in [1.165, 1.54) is 17.4 Å². The van der Waals surface area contributed by atoms with E-state index in [-0.39, 0.29) is 23.6 Å². The fraction of sp³-hybridized carbons (Fsp3) is 0.143. The average molecular weight is 346 g/mol. The molecule has 26 heavy (non-hydrogen) atoms. The first kappa shape index (κ1) is 16.1. The molecule has 5 heteroatoms. The molecule has 0 radical (unpaired) electrons. The lowest BCUT2D eigenvalue weighted by Gasteiger charge is -2.14. The van der Waals surface area contributed by atoms with Crippen molar-refractivity contribution in [1.82, 2.24) is 5.32 Å². The maximum Gasteiger partial charge on any atom is 0.291 e. The fourth-order valence-corrected chi connectivity index (χ4v) is 3.25. The minimum Gasteiger partial charge on any atom is -0.459 e. The van der Waals surface area contributed by atoms with Gasteiger partial charge in [-0.1, -0.05) is 24.3 Å². The molecule has 1 aliphatic rings. The van der Waals surface area contributed by atoms with Gasteiger partial charge in [-0.2, -0.15) is 0 Å². The molecular weight excluding hydrogens is 328 g/mol. The van der Waals surface area contributed by atoms with E-state index in [1.807, 2.05) is 12.1 Å². The van der Waals surface area contributed by atoms with Crippen LogP contribution >= 0.6 is 0 Å². The Morgan fingerprint density at radius 2 is 1.73 bits per heavy atom. The largest absolute Gasteiger partial charge is 0.459 e. The van der Waals surface area contributed by atoms with Crippen molar-refractivity contribution in [3.8, 4) is 0 Å². The second-order valence-corrected chi connectivity index (χ2v) is 6.27. The molecule has 4 rings (SSSR count). The van der Waals surface area contributed by atoms with Crippen LogP contribution in [0.1, 0.15) is 44.5 Å². The SMILES string of the molecule is O=C(N[C@@H]1CCc2ccccc21)c1ccc(NC(=O)c2ccco2)cc1. The summed E-state index contributed by atoms with van der Waals surface area (Å²) in [6, 6.07) is 18.3. The van der Waals surface area contributed by atoms with Gasteiger partial charge < -0.3 is 15.1 Å². The highest BCUT2D eigenvalue weighted by atomic mass is 16.3. The second kappa shape index (κ2) is 6.88. The Balaban J connectivity index is 1.41. The van der Waals surface area contributed by atoms with Gasteiger partial charge in [-0.15, -0.1) is 0 Å². The predicted molar refractivity (Wildman–Crippen MR) is 98.1 cm³/mol. The zero-order chi connectivity index (χ0) is 17.9. The van der Waals surface area contributed by atoms with Crippen LogP contribution in [0, 0.1) is 0 Å². The topological polar surface area (TPSA) is 71.3 Å². The monoisotopic (exact) mass is 346 g/mol. The Labute approximate surface area is 151 Å². The van der Waals surface area contributed by atoms with Crippen molar-refractivity contribution in [2.45, 2.75) is 18.9 Å². The van der Waals surface area contributed by atoms with Gasteiger partial charge in [-0.3, -0.25) is 9.59 Å². The van der Waals surface area contributed by atoms with Crippen molar-refractivity contribution in [2.75, 3.05) is 5.32 Å². The first-order valence-corrected chi connectivity index (χ1v) is 8.54. The maximum absolute atomic E-state index is 12.5. The number of rotatable bonds is 4. The van der Waals surface area contributed by atoms with Crippen LogP contribution < -0.4 is 10.6 Å². The summed E-state index contributed by atoms with van der Waals surface area (Å²) < 4.78 is 5.06. The molecule has 1 aromatic heterocycles. The molecule has 0 saturated carbocycles. The summed E-state index contributed by atoms with van der Waals surface area (Å²) in [4.78, 5) is 24.5. The van der Waals surface area contributed by atoms with E-state index in [4.69, 9.17) is 4.42 Å². The van der Waals surface area contributed by atoms with Crippen LogP contribution in [0.25, 0.3) is 0 Å². The first-order chi connectivity index (χ1) is 12.7. The molecule has 3 aromatic rings. The molecule has 2 N–H and O–H groups in total. The number of carbonyl (C=O) groups excluding carboxylic acids is 2. The molecule has 5 nitrogen and oxygen atoms in total. The van der Waals surface area contributed by atoms with Gasteiger partial charge in [-0.05, 0) is 60.4 Å². The van der Waals surface area contributed by atoms with Gasteiger partial charge >= 0.3 is 0 Å². The minimum absolute atomic E-state index is 0.0528. The molecule has 2 aromatic carbocycles. The molecule has 0 spiro atoms. The Morgan fingerprint density at radius 1 is 0.923 bits per heavy atom. The van der Waals surface area contributed by atoms with Crippen LogP contribution in [0.4, 0.5) is 5.69 Å². The Hall–Kier alpha value is -3.34. The lowest BCUT2D eigenvalue weighted by molar-refractivity contribution is 0.0936. The van der Waals surface area contributed by atoms with Crippen LogP contribution in [0.3, 0.4) is 0 Å². The van der Waals surface area contributed by atoms with E-state index in [9.17, 15) is 9.59 Å². The predicted octanol–water partition coefficient (Wildman–Crippen LogP) is 3.95. The smallest absolute Gasteiger partial charge is 0.291 e. The Kier molecular flexibility index (Phi) is 4.27. The molecule has 0 aliphatic heterocycles. The van der Waals surface area contributed by atoms with Crippen LogP contribution in [0.5, 0.6) is 0 Å². The highest BCUT2D eigenvalue weighted by Crippen LogP contribution is 2.30.